The third-order valence-corrected chi connectivity index (χ3v) is 4.98. The normalized spacial score (nSPS) is 9.73. The van der Waals surface area contributed by atoms with E-state index in [4.69, 9.17) is 17.3 Å². The Morgan fingerprint density at radius 1 is 0.838 bits per heavy atom. The van der Waals surface area contributed by atoms with Gasteiger partial charge in [-0.1, -0.05) is 47.9 Å². The first-order valence-electron chi connectivity index (χ1n) is 11.1. The number of hydrogen-bond donors (Lipinski definition) is 2. The maximum Gasteiger partial charge on any atom is 0.247 e. The number of allylic oxidation sites excluding steroid dienone is 1. The van der Waals surface area contributed by atoms with Gasteiger partial charge >= 0.3 is 0 Å². The van der Waals surface area contributed by atoms with E-state index in [1.165, 1.54) is 0 Å². The fourth-order valence-electron chi connectivity index (χ4n) is 2.58. The zero-order valence-electron chi connectivity index (χ0n) is 20.7. The van der Waals surface area contributed by atoms with Crippen molar-refractivity contribution < 1.29 is 9.59 Å². The van der Waals surface area contributed by atoms with Crippen molar-refractivity contribution in [1.82, 2.24) is 35.3 Å². The molecule has 1 amide bonds. The first-order chi connectivity index (χ1) is 17.7. The second-order valence-electron chi connectivity index (χ2n) is 7.75. The highest BCUT2D eigenvalue weighted by molar-refractivity contribution is 6.67. The zero-order valence-corrected chi connectivity index (χ0v) is 21.5. The van der Waals surface area contributed by atoms with Crippen LogP contribution in [-0.2, 0) is 22.7 Å². The highest BCUT2D eigenvalue weighted by atomic mass is 35.5. The monoisotopic (exact) mass is 520 g/mol. The molecule has 0 aliphatic carbocycles. The molecule has 0 aliphatic rings. The Kier molecular flexibility index (Phi) is 11.6. The number of nitrogens with one attached hydrogen (secondary N) is 1. The molecule has 3 N–H and O–H groups in total. The van der Waals surface area contributed by atoms with Gasteiger partial charge in [0.25, 0.3) is 0 Å². The summed E-state index contributed by atoms with van der Waals surface area (Å²) in [5.41, 5.74) is 10.4. The van der Waals surface area contributed by atoms with Crippen molar-refractivity contribution in [3.63, 3.8) is 0 Å². The van der Waals surface area contributed by atoms with E-state index in [-0.39, 0.29) is 5.91 Å². The molecule has 2 aromatic carbocycles. The van der Waals surface area contributed by atoms with E-state index in [1.54, 1.807) is 48.0 Å². The summed E-state index contributed by atoms with van der Waals surface area (Å²) >= 11 is 4.87. The maximum atomic E-state index is 11.3. The Morgan fingerprint density at radius 2 is 1.27 bits per heavy atom. The van der Waals surface area contributed by atoms with Crippen LogP contribution < -0.4 is 11.1 Å². The van der Waals surface area contributed by atoms with Crippen LogP contribution in [0.5, 0.6) is 0 Å². The Labute approximate surface area is 220 Å². The van der Waals surface area contributed by atoms with Crippen molar-refractivity contribution in [2.75, 3.05) is 0 Å². The summed E-state index contributed by atoms with van der Waals surface area (Å²) in [6, 6.07) is 15.6. The third kappa shape index (κ3) is 10.0. The first kappa shape index (κ1) is 28.8. The minimum atomic E-state index is -0.463. The van der Waals surface area contributed by atoms with E-state index in [2.05, 4.69) is 39.1 Å². The van der Waals surface area contributed by atoms with Crippen LogP contribution in [0.4, 0.5) is 0 Å². The number of aromatic nitrogens is 6. The minimum absolute atomic E-state index is 0.129. The number of halogens is 1. The lowest BCUT2D eigenvalue weighted by molar-refractivity contribution is -0.117. The summed E-state index contributed by atoms with van der Waals surface area (Å²) in [5.74, 6) is -0.129. The fraction of sp³-hybridized carbons (Fsp3) is 0.154. The van der Waals surface area contributed by atoms with Gasteiger partial charge in [-0.05, 0) is 60.8 Å². The highest BCUT2D eigenvalue weighted by Gasteiger charge is 2.02. The molecule has 192 valence electrons. The van der Waals surface area contributed by atoms with E-state index in [0.29, 0.717) is 24.2 Å². The van der Waals surface area contributed by atoms with Gasteiger partial charge in [0.2, 0.25) is 11.1 Å². The summed E-state index contributed by atoms with van der Waals surface area (Å²) in [5, 5.41) is 17.6. The predicted molar refractivity (Wildman–Crippen MR) is 143 cm³/mol. The lowest BCUT2D eigenvalue weighted by Crippen LogP contribution is -2.22. The summed E-state index contributed by atoms with van der Waals surface area (Å²) in [6.07, 6.45) is 6.85. The van der Waals surface area contributed by atoms with Crippen LogP contribution >= 0.6 is 11.6 Å². The SMILES string of the molecule is C=C(C)C(=O)Cl.C=C(C)C(=O)NCc1ccc(-n2ccnn2)cc1.NCc1ccc(-n2ccnn2)cc1. The lowest BCUT2D eigenvalue weighted by atomic mass is 10.2. The summed E-state index contributed by atoms with van der Waals surface area (Å²) < 4.78 is 3.39. The molecule has 0 unspecified atom stereocenters. The van der Waals surface area contributed by atoms with Gasteiger partial charge in [0.15, 0.2) is 0 Å². The lowest BCUT2D eigenvalue weighted by Gasteiger charge is -2.06. The van der Waals surface area contributed by atoms with Gasteiger partial charge in [0, 0.05) is 24.2 Å². The van der Waals surface area contributed by atoms with Crippen molar-refractivity contribution in [1.29, 1.82) is 0 Å². The van der Waals surface area contributed by atoms with Gasteiger partial charge in [-0.3, -0.25) is 9.59 Å². The van der Waals surface area contributed by atoms with Crippen molar-refractivity contribution >= 4 is 22.8 Å². The van der Waals surface area contributed by atoms with Crippen molar-refractivity contribution in [3.8, 4) is 11.4 Å². The second kappa shape index (κ2) is 14.9. The molecule has 10 nitrogen and oxygen atoms in total. The van der Waals surface area contributed by atoms with Gasteiger partial charge < -0.3 is 11.1 Å². The standard InChI is InChI=1S/C13H14N4O.C9H10N4.C4H5ClO/c1-10(2)13(18)14-9-11-3-5-12(6-4-11)17-8-7-15-16-17;10-7-8-1-3-9(4-2-8)13-6-5-11-12-13;1-3(2)4(5)6/h3-8H,1,9H2,2H3,(H,14,18);1-6H,7,10H2;1H2,2H3. The fourth-order valence-corrected chi connectivity index (χ4v) is 2.58. The molecule has 4 rings (SSSR count). The molecule has 37 heavy (non-hydrogen) atoms. The average Bonchev–Trinajstić information content (AvgIpc) is 3.63. The zero-order chi connectivity index (χ0) is 27.2. The molecule has 2 heterocycles. The van der Waals surface area contributed by atoms with Gasteiger partial charge in [0.1, 0.15) is 0 Å². The largest absolute Gasteiger partial charge is 0.348 e. The molecule has 0 atom stereocenters. The molecule has 0 radical (unpaired) electrons. The van der Waals surface area contributed by atoms with Crippen LogP contribution in [0.25, 0.3) is 11.4 Å². The minimum Gasteiger partial charge on any atom is -0.348 e. The van der Waals surface area contributed by atoms with Crippen LogP contribution in [0, 0.1) is 0 Å². The summed E-state index contributed by atoms with van der Waals surface area (Å²) in [7, 11) is 0. The highest BCUT2D eigenvalue weighted by Crippen LogP contribution is 2.08. The summed E-state index contributed by atoms with van der Waals surface area (Å²) in [4.78, 5) is 21.1. The molecule has 0 fully saturated rings. The number of benzene rings is 2. The van der Waals surface area contributed by atoms with E-state index in [1.807, 2.05) is 48.5 Å². The number of nitrogens with zero attached hydrogens (tertiary/aromatic N) is 6. The Balaban J connectivity index is 0.000000221. The number of carbonyl (C=O) groups excluding carboxylic acids is 2. The summed E-state index contributed by atoms with van der Waals surface area (Å²) in [6.45, 7) is 11.2. The third-order valence-electron chi connectivity index (χ3n) is 4.66. The molecule has 0 saturated carbocycles. The molecule has 11 heteroatoms. The average molecular weight is 521 g/mol. The van der Waals surface area contributed by atoms with E-state index in [9.17, 15) is 9.59 Å². The molecular weight excluding hydrogens is 492 g/mol. The number of nitrogens with two attached hydrogens (primary N) is 1. The molecule has 0 saturated heterocycles. The van der Waals surface area contributed by atoms with Crippen molar-refractivity contribution in [3.05, 3.63) is 109 Å². The van der Waals surface area contributed by atoms with Crippen LogP contribution in [-0.4, -0.2) is 41.1 Å². The van der Waals surface area contributed by atoms with E-state index >= 15 is 0 Å². The maximum absolute atomic E-state index is 11.3. The number of carbonyl (C=O) groups is 2. The van der Waals surface area contributed by atoms with Gasteiger partial charge in [0.05, 0.1) is 36.2 Å². The first-order valence-corrected chi connectivity index (χ1v) is 11.5. The van der Waals surface area contributed by atoms with Crippen LogP contribution in [0.2, 0.25) is 0 Å². The predicted octanol–water partition coefficient (Wildman–Crippen LogP) is 3.51. The number of hydrogen-bond acceptors (Lipinski definition) is 7. The van der Waals surface area contributed by atoms with Gasteiger partial charge in [-0.25, -0.2) is 9.36 Å². The Morgan fingerprint density at radius 3 is 1.59 bits per heavy atom. The van der Waals surface area contributed by atoms with E-state index in [0.717, 1.165) is 22.5 Å². The smallest absolute Gasteiger partial charge is 0.247 e. The molecular formula is C26H29ClN8O2. The van der Waals surface area contributed by atoms with Gasteiger partial charge in [-0.15, -0.1) is 10.2 Å². The topological polar surface area (TPSA) is 134 Å². The molecule has 0 aliphatic heterocycles. The van der Waals surface area contributed by atoms with Gasteiger partial charge in [-0.2, -0.15) is 0 Å². The molecule has 0 bridgehead atoms. The molecule has 0 spiro atoms. The van der Waals surface area contributed by atoms with Crippen LogP contribution in [0.1, 0.15) is 25.0 Å². The number of rotatable bonds is 7. The molecule has 4 aromatic rings. The Bertz CT molecular complexity index is 1270. The number of amides is 1. The van der Waals surface area contributed by atoms with Crippen LogP contribution in [0.3, 0.4) is 0 Å². The Hall–Kier alpha value is -4.41. The van der Waals surface area contributed by atoms with E-state index < -0.39 is 5.24 Å². The molecule has 2 aromatic heterocycles. The second-order valence-corrected chi connectivity index (χ2v) is 8.09. The quantitative estimate of drug-likeness (QED) is 0.281. The van der Waals surface area contributed by atoms with Crippen molar-refractivity contribution in [2.45, 2.75) is 26.9 Å². The van der Waals surface area contributed by atoms with Crippen molar-refractivity contribution in [2.24, 2.45) is 5.73 Å². The van der Waals surface area contributed by atoms with Crippen LogP contribution in [0.15, 0.2) is 97.6 Å².